The van der Waals surface area contributed by atoms with Crippen molar-refractivity contribution >= 4 is 12.0 Å². The van der Waals surface area contributed by atoms with E-state index >= 15 is 0 Å². The molecule has 1 aliphatic rings. The van der Waals surface area contributed by atoms with Gasteiger partial charge in [-0.1, -0.05) is 48.4 Å². The van der Waals surface area contributed by atoms with Gasteiger partial charge in [0.1, 0.15) is 12.3 Å². The van der Waals surface area contributed by atoms with E-state index in [1.165, 1.54) is 11.3 Å². The van der Waals surface area contributed by atoms with Gasteiger partial charge in [-0.2, -0.15) is 0 Å². The average molecular weight is 332 g/mol. The summed E-state index contributed by atoms with van der Waals surface area (Å²) in [4.78, 5) is 15.5. The van der Waals surface area contributed by atoms with Gasteiger partial charge in [-0.25, -0.2) is 0 Å². The van der Waals surface area contributed by atoms with E-state index in [4.69, 9.17) is 0 Å². The molecule has 25 heavy (non-hydrogen) atoms. The van der Waals surface area contributed by atoms with E-state index in [0.717, 1.165) is 38.0 Å². The highest BCUT2D eigenvalue weighted by atomic mass is 16.1. The number of nitrogens with zero attached hydrogens (tertiary/aromatic N) is 2. The highest BCUT2D eigenvalue weighted by molar-refractivity contribution is 5.57. The number of piperazine rings is 1. The molecule has 1 fully saturated rings. The molecule has 3 rings (SSSR count). The minimum absolute atomic E-state index is 0.194. The first-order chi connectivity index (χ1) is 12.3. The Morgan fingerprint density at radius 3 is 2.48 bits per heavy atom. The van der Waals surface area contributed by atoms with Gasteiger partial charge in [0.05, 0.1) is 0 Å². The number of hydrogen-bond donors (Lipinski definition) is 0. The number of hydrogen-bond acceptors (Lipinski definition) is 3. The summed E-state index contributed by atoms with van der Waals surface area (Å²) in [7, 11) is 0. The van der Waals surface area contributed by atoms with Crippen LogP contribution in [0.25, 0.3) is 0 Å². The smallest absolute Gasteiger partial charge is 0.124 e. The third-order valence-corrected chi connectivity index (χ3v) is 4.61. The summed E-state index contributed by atoms with van der Waals surface area (Å²) in [6.07, 6.45) is 1.42. The first kappa shape index (κ1) is 17.3. The van der Waals surface area contributed by atoms with Gasteiger partial charge in [-0.3, -0.25) is 4.90 Å². The van der Waals surface area contributed by atoms with Gasteiger partial charge in [0.2, 0.25) is 0 Å². The Morgan fingerprint density at radius 2 is 1.80 bits per heavy atom. The monoisotopic (exact) mass is 332 g/mol. The first-order valence-electron chi connectivity index (χ1n) is 8.78. The number of aldehydes is 1. The van der Waals surface area contributed by atoms with E-state index in [1.807, 2.05) is 19.1 Å². The van der Waals surface area contributed by atoms with Crippen LogP contribution in [0.5, 0.6) is 0 Å². The predicted molar refractivity (Wildman–Crippen MR) is 103 cm³/mol. The Hall–Kier alpha value is -2.57. The molecule has 1 saturated heterocycles. The molecule has 3 heteroatoms. The molecule has 1 heterocycles. The van der Waals surface area contributed by atoms with Crippen molar-refractivity contribution in [1.82, 2.24) is 4.90 Å². The Bertz CT molecular complexity index is 743. The molecule has 128 valence electrons. The van der Waals surface area contributed by atoms with Crippen molar-refractivity contribution in [2.45, 2.75) is 25.9 Å². The minimum Gasteiger partial charge on any atom is -0.355 e. The van der Waals surface area contributed by atoms with Crippen LogP contribution in [0, 0.1) is 11.8 Å². The summed E-state index contributed by atoms with van der Waals surface area (Å²) >= 11 is 0. The van der Waals surface area contributed by atoms with Crippen LogP contribution < -0.4 is 4.90 Å². The second-order valence-electron chi connectivity index (χ2n) is 6.36. The molecular weight excluding hydrogens is 308 g/mol. The normalized spacial score (nSPS) is 17.6. The summed E-state index contributed by atoms with van der Waals surface area (Å²) in [5.41, 5.74) is 3.58. The van der Waals surface area contributed by atoms with Gasteiger partial charge < -0.3 is 9.69 Å². The maximum atomic E-state index is 10.7. The Morgan fingerprint density at radius 1 is 1.04 bits per heavy atom. The molecule has 0 spiro atoms. The zero-order valence-corrected chi connectivity index (χ0v) is 14.7. The molecule has 1 atom stereocenters. The van der Waals surface area contributed by atoms with Crippen LogP contribution in [0.15, 0.2) is 54.6 Å². The first-order valence-corrected chi connectivity index (χ1v) is 8.78. The van der Waals surface area contributed by atoms with Crippen molar-refractivity contribution in [2.24, 2.45) is 0 Å². The third kappa shape index (κ3) is 4.49. The van der Waals surface area contributed by atoms with E-state index in [1.54, 1.807) is 0 Å². The van der Waals surface area contributed by atoms with Gasteiger partial charge >= 0.3 is 0 Å². The van der Waals surface area contributed by atoms with E-state index in [9.17, 15) is 4.79 Å². The lowest BCUT2D eigenvalue weighted by atomic mass is 10.1. The molecule has 0 aliphatic carbocycles. The number of benzene rings is 2. The second-order valence-corrected chi connectivity index (χ2v) is 6.36. The summed E-state index contributed by atoms with van der Waals surface area (Å²) in [6.45, 7) is 5.79. The highest BCUT2D eigenvalue weighted by Crippen LogP contribution is 2.22. The van der Waals surface area contributed by atoms with Crippen LogP contribution >= 0.6 is 0 Å². The van der Waals surface area contributed by atoms with Crippen molar-refractivity contribution in [2.75, 3.05) is 24.5 Å². The van der Waals surface area contributed by atoms with Crippen LogP contribution in [-0.4, -0.2) is 36.9 Å². The quantitative estimate of drug-likeness (QED) is 0.621. The Labute approximate surface area is 150 Å². The number of anilines is 1. The summed E-state index contributed by atoms with van der Waals surface area (Å²) in [5, 5.41) is 0. The molecule has 1 aliphatic heterocycles. The van der Waals surface area contributed by atoms with Crippen molar-refractivity contribution in [3.05, 3.63) is 65.7 Å². The van der Waals surface area contributed by atoms with E-state index in [0.29, 0.717) is 6.42 Å². The van der Waals surface area contributed by atoms with Crippen LogP contribution in [0.1, 0.15) is 18.1 Å². The van der Waals surface area contributed by atoms with Gasteiger partial charge in [0.15, 0.2) is 0 Å². The lowest BCUT2D eigenvalue weighted by Crippen LogP contribution is -2.52. The number of carbonyl (C=O) groups excluding carboxylic acids is 1. The summed E-state index contributed by atoms with van der Waals surface area (Å²) in [5.74, 6) is 6.46. The summed E-state index contributed by atoms with van der Waals surface area (Å²) in [6, 6.07) is 19.1. The van der Waals surface area contributed by atoms with Crippen molar-refractivity contribution in [3.63, 3.8) is 0 Å². The molecular formula is C22H24N2O. The fraction of sp³-hybridized carbons (Fsp3) is 0.318. The molecule has 1 unspecified atom stereocenters. The van der Waals surface area contributed by atoms with Crippen LogP contribution in [0.3, 0.4) is 0 Å². The zero-order valence-electron chi connectivity index (χ0n) is 14.7. The maximum Gasteiger partial charge on any atom is 0.124 e. The largest absolute Gasteiger partial charge is 0.355 e. The fourth-order valence-corrected chi connectivity index (χ4v) is 3.34. The van der Waals surface area contributed by atoms with Crippen LogP contribution in [0.4, 0.5) is 5.69 Å². The van der Waals surface area contributed by atoms with Crippen molar-refractivity contribution < 1.29 is 4.79 Å². The van der Waals surface area contributed by atoms with Gasteiger partial charge in [0, 0.05) is 38.3 Å². The second kappa shape index (κ2) is 8.50. The van der Waals surface area contributed by atoms with Gasteiger partial charge in [-0.05, 0) is 30.2 Å². The minimum atomic E-state index is 0.194. The van der Waals surface area contributed by atoms with Crippen LogP contribution in [-0.2, 0) is 17.8 Å². The molecule has 0 N–H and O–H groups in total. The van der Waals surface area contributed by atoms with Gasteiger partial charge in [-0.15, -0.1) is 5.92 Å². The zero-order chi connectivity index (χ0) is 17.5. The lowest BCUT2D eigenvalue weighted by molar-refractivity contribution is -0.107. The highest BCUT2D eigenvalue weighted by Gasteiger charge is 2.25. The molecule has 0 amide bonds. The standard InChI is InChI=1S/C22H24N2O/c1-2-6-22-18-23(17-20-7-4-3-5-8-20)14-15-24(22)21-11-9-19(10-12-21)13-16-25/h3-5,7-12,16,22H,13-15,17-18H2,1H3. The van der Waals surface area contributed by atoms with E-state index in [-0.39, 0.29) is 6.04 Å². The Balaban J connectivity index is 1.71. The SMILES string of the molecule is CC#CC1CN(Cc2ccccc2)CCN1c1ccc(CC=O)cc1. The van der Waals surface area contributed by atoms with Crippen molar-refractivity contribution in [1.29, 1.82) is 0 Å². The number of carbonyl (C=O) groups is 1. The predicted octanol–water partition coefficient (Wildman–Crippen LogP) is 3.14. The lowest BCUT2D eigenvalue weighted by Gasteiger charge is -2.40. The number of rotatable bonds is 5. The van der Waals surface area contributed by atoms with Crippen molar-refractivity contribution in [3.8, 4) is 11.8 Å². The molecule has 2 aromatic carbocycles. The maximum absolute atomic E-state index is 10.7. The fourth-order valence-electron chi connectivity index (χ4n) is 3.34. The van der Waals surface area contributed by atoms with Gasteiger partial charge in [0.25, 0.3) is 0 Å². The third-order valence-electron chi connectivity index (χ3n) is 4.61. The molecule has 0 bridgehead atoms. The molecule has 0 radical (unpaired) electrons. The van der Waals surface area contributed by atoms with E-state index < -0.39 is 0 Å². The van der Waals surface area contributed by atoms with E-state index in [2.05, 4.69) is 64.1 Å². The molecule has 2 aromatic rings. The molecule has 3 nitrogen and oxygen atoms in total. The van der Waals surface area contributed by atoms with Crippen LogP contribution in [0.2, 0.25) is 0 Å². The topological polar surface area (TPSA) is 23.6 Å². The molecule has 0 aromatic heterocycles. The summed E-state index contributed by atoms with van der Waals surface area (Å²) < 4.78 is 0. The average Bonchev–Trinajstić information content (AvgIpc) is 2.64. The molecule has 0 saturated carbocycles. The Kier molecular flexibility index (Phi) is 5.87.